The van der Waals surface area contributed by atoms with E-state index in [0.717, 1.165) is 26.8 Å². The average Bonchev–Trinajstić information content (AvgIpc) is 2.34. The van der Waals surface area contributed by atoms with Crippen LogP contribution in [-0.4, -0.2) is 5.25 Å². The Morgan fingerprint density at radius 2 is 2.12 bits per heavy atom. The smallest absolute Gasteiger partial charge is 0.0453 e. The minimum absolute atomic E-state index is 0.717. The quantitative estimate of drug-likeness (QED) is 0.783. The van der Waals surface area contributed by atoms with Gasteiger partial charge in [0.05, 0.1) is 0 Å². The molecule has 0 saturated heterocycles. The lowest BCUT2D eigenvalue weighted by Crippen LogP contribution is -2.21. The van der Waals surface area contributed by atoms with Gasteiger partial charge in [0.15, 0.2) is 0 Å². The molecule has 1 saturated carbocycles. The van der Waals surface area contributed by atoms with E-state index in [0.29, 0.717) is 0 Å². The van der Waals surface area contributed by atoms with Gasteiger partial charge in [-0.2, -0.15) is 0 Å². The third-order valence-corrected chi connectivity index (χ3v) is 5.38. The predicted octanol–water partition coefficient (Wildman–Crippen LogP) is 4.98. The molecule has 2 unspecified atom stereocenters. The van der Waals surface area contributed by atoms with Gasteiger partial charge in [-0.25, -0.2) is 0 Å². The fraction of sp³-hybridized carbons (Fsp3) is 0.571. The number of hydrogen-bond acceptors (Lipinski definition) is 2. The van der Waals surface area contributed by atoms with Gasteiger partial charge in [-0.3, -0.25) is 0 Å². The highest BCUT2D eigenvalue weighted by molar-refractivity contribution is 8.00. The maximum Gasteiger partial charge on any atom is 0.0453 e. The lowest BCUT2D eigenvalue weighted by Gasteiger charge is -2.30. The number of anilines is 1. The summed E-state index contributed by atoms with van der Waals surface area (Å²) in [5.41, 5.74) is 6.87. The molecule has 0 heterocycles. The van der Waals surface area contributed by atoms with E-state index in [2.05, 4.69) is 6.92 Å². The van der Waals surface area contributed by atoms with Gasteiger partial charge < -0.3 is 5.73 Å². The summed E-state index contributed by atoms with van der Waals surface area (Å²) >= 11 is 7.96. The summed E-state index contributed by atoms with van der Waals surface area (Å²) in [5, 5.41) is 1.50. The number of nitrogens with two attached hydrogens (primary N) is 1. The molecule has 2 atom stereocenters. The summed E-state index contributed by atoms with van der Waals surface area (Å²) in [6.07, 6.45) is 6.71. The molecular formula is C14H20ClNS. The van der Waals surface area contributed by atoms with E-state index in [4.69, 9.17) is 17.3 Å². The average molecular weight is 270 g/mol. The van der Waals surface area contributed by atoms with Crippen LogP contribution in [0.4, 0.5) is 5.69 Å². The van der Waals surface area contributed by atoms with Gasteiger partial charge in [0, 0.05) is 20.9 Å². The Balaban J connectivity index is 2.10. The fourth-order valence-electron chi connectivity index (χ4n) is 2.57. The monoisotopic (exact) mass is 269 g/mol. The number of nitrogen functional groups attached to an aromatic ring is 1. The molecule has 0 aromatic heterocycles. The van der Waals surface area contributed by atoms with Crippen molar-refractivity contribution >= 4 is 29.1 Å². The first-order valence-corrected chi connectivity index (χ1v) is 7.68. The van der Waals surface area contributed by atoms with Crippen molar-refractivity contribution in [3.8, 4) is 0 Å². The van der Waals surface area contributed by atoms with Crippen LogP contribution in [0.5, 0.6) is 0 Å². The maximum atomic E-state index is 6.04. The van der Waals surface area contributed by atoms with E-state index in [1.807, 2.05) is 30.0 Å². The Labute approximate surface area is 113 Å². The largest absolute Gasteiger partial charge is 0.398 e. The summed E-state index contributed by atoms with van der Waals surface area (Å²) in [6, 6.07) is 5.77. The van der Waals surface area contributed by atoms with Crippen LogP contribution in [0.1, 0.15) is 39.0 Å². The zero-order valence-corrected chi connectivity index (χ0v) is 11.9. The van der Waals surface area contributed by atoms with E-state index in [-0.39, 0.29) is 0 Å². The van der Waals surface area contributed by atoms with Crippen LogP contribution in [0.2, 0.25) is 5.02 Å². The van der Waals surface area contributed by atoms with Crippen molar-refractivity contribution in [2.24, 2.45) is 5.92 Å². The van der Waals surface area contributed by atoms with Crippen molar-refractivity contribution in [1.82, 2.24) is 0 Å². The minimum Gasteiger partial charge on any atom is -0.398 e. The Bertz CT molecular complexity index is 380. The summed E-state index contributed by atoms with van der Waals surface area (Å²) < 4.78 is 0. The van der Waals surface area contributed by atoms with Gasteiger partial charge in [-0.15, -0.1) is 11.8 Å². The molecular weight excluding hydrogens is 250 g/mol. The van der Waals surface area contributed by atoms with E-state index in [9.17, 15) is 0 Å². The fourth-order valence-corrected chi connectivity index (χ4v) is 4.34. The normalized spacial score (nSPS) is 24.8. The molecule has 1 aromatic rings. The number of halogens is 1. The summed E-state index contributed by atoms with van der Waals surface area (Å²) in [7, 11) is 0. The topological polar surface area (TPSA) is 26.0 Å². The second kappa shape index (κ2) is 6.01. The van der Waals surface area contributed by atoms with Crippen molar-refractivity contribution in [3.05, 3.63) is 23.2 Å². The van der Waals surface area contributed by atoms with Gasteiger partial charge in [0.25, 0.3) is 0 Å². The molecule has 1 aromatic carbocycles. The van der Waals surface area contributed by atoms with Crippen LogP contribution in [0.3, 0.4) is 0 Å². The molecule has 1 aliphatic rings. The lowest BCUT2D eigenvalue weighted by atomic mass is 9.87. The second-order valence-corrected chi connectivity index (χ2v) is 6.51. The van der Waals surface area contributed by atoms with E-state index in [1.165, 1.54) is 32.1 Å². The Hall–Kier alpha value is -0.340. The zero-order chi connectivity index (χ0) is 12.3. The van der Waals surface area contributed by atoms with Gasteiger partial charge in [-0.1, -0.05) is 37.8 Å². The van der Waals surface area contributed by atoms with Crippen molar-refractivity contribution in [3.63, 3.8) is 0 Å². The van der Waals surface area contributed by atoms with Gasteiger partial charge in [0.2, 0.25) is 0 Å². The third-order valence-electron chi connectivity index (χ3n) is 3.62. The first kappa shape index (κ1) is 13.1. The molecule has 17 heavy (non-hydrogen) atoms. The van der Waals surface area contributed by atoms with Gasteiger partial charge in [0.1, 0.15) is 0 Å². The molecule has 3 heteroatoms. The van der Waals surface area contributed by atoms with E-state index < -0.39 is 0 Å². The molecule has 1 aliphatic carbocycles. The summed E-state index contributed by atoms with van der Waals surface area (Å²) in [5.74, 6) is 0.840. The SMILES string of the molecule is CCC1CCCCC1Sc1cc(Cl)ccc1N. The molecule has 0 aliphatic heterocycles. The molecule has 0 bridgehead atoms. The maximum absolute atomic E-state index is 6.04. The van der Waals surface area contributed by atoms with Crippen LogP contribution in [0, 0.1) is 5.92 Å². The van der Waals surface area contributed by atoms with E-state index in [1.54, 1.807) is 0 Å². The number of hydrogen-bond donors (Lipinski definition) is 1. The predicted molar refractivity (Wildman–Crippen MR) is 77.8 cm³/mol. The molecule has 94 valence electrons. The van der Waals surface area contributed by atoms with Crippen LogP contribution in [0.15, 0.2) is 23.1 Å². The standard InChI is InChI=1S/C14H20ClNS/c1-2-10-5-3-4-6-13(10)17-14-9-11(15)7-8-12(14)16/h7-10,13H,2-6,16H2,1H3. The Morgan fingerprint density at radius 1 is 1.35 bits per heavy atom. The van der Waals surface area contributed by atoms with Crippen LogP contribution in [0.25, 0.3) is 0 Å². The molecule has 1 fully saturated rings. The number of benzene rings is 1. The van der Waals surface area contributed by atoms with Crippen molar-refractivity contribution in [2.45, 2.75) is 49.2 Å². The minimum atomic E-state index is 0.717. The highest BCUT2D eigenvalue weighted by Crippen LogP contribution is 2.41. The van der Waals surface area contributed by atoms with E-state index >= 15 is 0 Å². The number of thioether (sulfide) groups is 1. The summed E-state index contributed by atoms with van der Waals surface area (Å²) in [6.45, 7) is 2.30. The van der Waals surface area contributed by atoms with Crippen LogP contribution in [-0.2, 0) is 0 Å². The molecule has 2 rings (SSSR count). The molecule has 0 amide bonds. The molecule has 0 radical (unpaired) electrons. The number of rotatable bonds is 3. The molecule has 0 spiro atoms. The van der Waals surface area contributed by atoms with Gasteiger partial charge in [-0.05, 0) is 37.0 Å². The third kappa shape index (κ3) is 3.32. The Morgan fingerprint density at radius 3 is 2.88 bits per heavy atom. The first-order valence-electron chi connectivity index (χ1n) is 6.42. The molecule has 2 N–H and O–H groups in total. The highest BCUT2D eigenvalue weighted by Gasteiger charge is 2.25. The van der Waals surface area contributed by atoms with Gasteiger partial charge >= 0.3 is 0 Å². The zero-order valence-electron chi connectivity index (χ0n) is 10.3. The van der Waals surface area contributed by atoms with Crippen LogP contribution < -0.4 is 5.73 Å². The van der Waals surface area contributed by atoms with Crippen molar-refractivity contribution in [1.29, 1.82) is 0 Å². The second-order valence-electron chi connectivity index (χ2n) is 4.79. The lowest BCUT2D eigenvalue weighted by molar-refractivity contribution is 0.361. The summed E-state index contributed by atoms with van der Waals surface area (Å²) in [4.78, 5) is 1.16. The Kier molecular flexibility index (Phi) is 4.63. The van der Waals surface area contributed by atoms with Crippen molar-refractivity contribution in [2.75, 3.05) is 5.73 Å². The highest BCUT2D eigenvalue weighted by atomic mass is 35.5. The van der Waals surface area contributed by atoms with Crippen LogP contribution >= 0.6 is 23.4 Å². The van der Waals surface area contributed by atoms with Crippen molar-refractivity contribution < 1.29 is 0 Å². The molecule has 1 nitrogen and oxygen atoms in total. The first-order chi connectivity index (χ1) is 8.20.